The van der Waals surface area contributed by atoms with Crippen molar-refractivity contribution in [1.82, 2.24) is 5.32 Å². The third-order valence-electron chi connectivity index (χ3n) is 3.70. The number of Topliss-reactive ketones (excluding diaryl/α,β-unsaturated/α-hetero) is 1. The first-order valence-corrected chi connectivity index (χ1v) is 9.12. The van der Waals surface area contributed by atoms with Crippen molar-refractivity contribution in [2.24, 2.45) is 0 Å². The number of ether oxygens (including phenoxy) is 2. The fourth-order valence-electron chi connectivity index (χ4n) is 2.29. The number of hydrogen-bond donors (Lipinski definition) is 1. The number of methoxy groups -OCH3 is 1. The lowest BCUT2D eigenvalue weighted by atomic mass is 10.1. The molecule has 0 aliphatic heterocycles. The fourth-order valence-corrected chi connectivity index (χ4v) is 2.83. The van der Waals surface area contributed by atoms with E-state index in [0.717, 1.165) is 5.56 Å². The molecular weight excluding hydrogens is 414 g/mol. The fraction of sp³-hybridized carbons (Fsp3) is 0.250. The minimum Gasteiger partial charge on any atom is -0.496 e. The normalized spacial score (nSPS) is 10.1. The molecule has 0 fully saturated rings. The summed E-state index contributed by atoms with van der Waals surface area (Å²) >= 11 is 3.30. The lowest BCUT2D eigenvalue weighted by Gasteiger charge is -2.08. The molecule has 0 saturated carbocycles. The van der Waals surface area contributed by atoms with Crippen molar-refractivity contribution >= 4 is 33.6 Å². The molecule has 0 aliphatic rings. The van der Waals surface area contributed by atoms with Gasteiger partial charge < -0.3 is 14.8 Å². The number of amides is 1. The van der Waals surface area contributed by atoms with E-state index in [9.17, 15) is 14.4 Å². The smallest absolute Gasteiger partial charge is 0.308 e. The Morgan fingerprint density at radius 3 is 2.48 bits per heavy atom. The van der Waals surface area contributed by atoms with Crippen molar-refractivity contribution in [1.29, 1.82) is 0 Å². The van der Waals surface area contributed by atoms with Crippen molar-refractivity contribution in [3.63, 3.8) is 0 Å². The van der Waals surface area contributed by atoms with Crippen LogP contribution in [0.2, 0.25) is 0 Å². The highest BCUT2D eigenvalue weighted by molar-refractivity contribution is 9.10. The third-order valence-corrected chi connectivity index (χ3v) is 4.32. The molecule has 142 valence electrons. The number of nitrogens with one attached hydrogen (secondary N) is 1. The number of carbonyl (C=O) groups excluding carboxylic acids is 3. The molecule has 7 heteroatoms. The van der Waals surface area contributed by atoms with Crippen LogP contribution in [-0.4, -0.2) is 37.9 Å². The van der Waals surface area contributed by atoms with E-state index in [4.69, 9.17) is 9.47 Å². The number of benzene rings is 2. The highest BCUT2D eigenvalue weighted by Crippen LogP contribution is 2.25. The van der Waals surface area contributed by atoms with Crippen LogP contribution >= 0.6 is 15.9 Å². The summed E-state index contributed by atoms with van der Waals surface area (Å²) in [5.74, 6) is -0.432. The molecule has 2 rings (SSSR count). The van der Waals surface area contributed by atoms with Gasteiger partial charge in [-0.05, 0) is 39.7 Å². The van der Waals surface area contributed by atoms with E-state index in [1.54, 1.807) is 18.2 Å². The lowest BCUT2D eigenvalue weighted by molar-refractivity contribution is -0.142. The molecule has 0 bridgehead atoms. The highest BCUT2D eigenvalue weighted by atomic mass is 79.9. The molecule has 0 heterocycles. The number of carbonyl (C=O) groups is 3. The maximum Gasteiger partial charge on any atom is 0.308 e. The Bertz CT molecular complexity index is 807. The first-order chi connectivity index (χ1) is 13.0. The number of hydrogen-bond acceptors (Lipinski definition) is 5. The predicted molar refractivity (Wildman–Crippen MR) is 104 cm³/mol. The number of ketones is 1. The van der Waals surface area contributed by atoms with Gasteiger partial charge in [-0.1, -0.05) is 30.3 Å². The first-order valence-electron chi connectivity index (χ1n) is 8.32. The summed E-state index contributed by atoms with van der Waals surface area (Å²) in [6.07, 6.45) is 0.251. The molecule has 0 aliphatic carbocycles. The van der Waals surface area contributed by atoms with Crippen molar-refractivity contribution in [2.75, 3.05) is 20.3 Å². The van der Waals surface area contributed by atoms with Gasteiger partial charge in [0.2, 0.25) is 5.91 Å². The largest absolute Gasteiger partial charge is 0.496 e. The highest BCUT2D eigenvalue weighted by Gasteiger charge is 2.12. The van der Waals surface area contributed by atoms with E-state index in [0.29, 0.717) is 15.8 Å². The third kappa shape index (κ3) is 6.86. The lowest BCUT2D eigenvalue weighted by Crippen LogP contribution is -2.28. The van der Waals surface area contributed by atoms with Crippen molar-refractivity contribution in [2.45, 2.75) is 12.8 Å². The van der Waals surface area contributed by atoms with E-state index in [-0.39, 0.29) is 37.7 Å². The van der Waals surface area contributed by atoms with Crippen LogP contribution in [0.4, 0.5) is 0 Å². The average molecular weight is 434 g/mol. The Morgan fingerprint density at radius 2 is 1.81 bits per heavy atom. The van der Waals surface area contributed by atoms with Gasteiger partial charge in [-0.2, -0.15) is 0 Å². The van der Waals surface area contributed by atoms with Gasteiger partial charge in [0.15, 0.2) is 12.4 Å². The van der Waals surface area contributed by atoms with Crippen molar-refractivity contribution in [3.8, 4) is 5.75 Å². The molecule has 27 heavy (non-hydrogen) atoms. The zero-order valence-electron chi connectivity index (χ0n) is 14.9. The molecule has 1 N–H and O–H groups in total. The minimum atomic E-state index is -0.545. The monoisotopic (exact) mass is 433 g/mol. The van der Waals surface area contributed by atoms with E-state index >= 15 is 0 Å². The SMILES string of the molecule is COc1ccc(C(=O)COC(=O)CCNC(=O)Cc2ccccc2)cc1Br. The molecular formula is C20H20BrNO5. The summed E-state index contributed by atoms with van der Waals surface area (Å²) in [7, 11) is 1.53. The summed E-state index contributed by atoms with van der Waals surface area (Å²) < 4.78 is 10.7. The number of halogens is 1. The number of esters is 1. The molecule has 2 aromatic rings. The second-order valence-electron chi connectivity index (χ2n) is 5.70. The maximum atomic E-state index is 12.1. The molecule has 6 nitrogen and oxygen atoms in total. The summed E-state index contributed by atoms with van der Waals surface area (Å²) in [5, 5.41) is 2.66. The van der Waals surface area contributed by atoms with Crippen LogP contribution in [0.15, 0.2) is 53.0 Å². The Balaban J connectivity index is 1.69. The average Bonchev–Trinajstić information content (AvgIpc) is 2.66. The molecule has 0 spiro atoms. The zero-order valence-corrected chi connectivity index (χ0v) is 16.5. The summed E-state index contributed by atoms with van der Waals surface area (Å²) in [6.45, 7) is -0.192. The molecule has 0 saturated heterocycles. The Labute approximate surface area is 166 Å². The van der Waals surface area contributed by atoms with E-state index in [1.165, 1.54) is 7.11 Å². The quantitative estimate of drug-likeness (QED) is 0.485. The van der Waals surface area contributed by atoms with Gasteiger partial charge in [-0.25, -0.2) is 0 Å². The van der Waals surface area contributed by atoms with Gasteiger partial charge in [-0.15, -0.1) is 0 Å². The zero-order chi connectivity index (χ0) is 19.6. The summed E-state index contributed by atoms with van der Waals surface area (Å²) in [6, 6.07) is 14.2. The van der Waals surface area contributed by atoms with Crippen LogP contribution in [-0.2, 0) is 20.7 Å². The molecule has 0 atom stereocenters. The van der Waals surface area contributed by atoms with E-state index in [1.807, 2.05) is 30.3 Å². The van der Waals surface area contributed by atoms with Crippen molar-refractivity contribution in [3.05, 3.63) is 64.1 Å². The summed E-state index contributed by atoms with van der Waals surface area (Å²) in [4.78, 5) is 35.6. The Kier molecular flexibility index (Phi) is 8.00. The van der Waals surface area contributed by atoms with Gasteiger partial charge in [0.25, 0.3) is 0 Å². The summed E-state index contributed by atoms with van der Waals surface area (Å²) in [5.41, 5.74) is 1.31. The Hall–Kier alpha value is -2.67. The second kappa shape index (κ2) is 10.5. The first kappa shape index (κ1) is 20.6. The van der Waals surface area contributed by atoms with Gasteiger partial charge in [0, 0.05) is 12.1 Å². The molecule has 2 aromatic carbocycles. The molecule has 1 amide bonds. The van der Waals surface area contributed by atoms with Gasteiger partial charge in [-0.3, -0.25) is 14.4 Å². The topological polar surface area (TPSA) is 81.7 Å². The van der Waals surface area contributed by atoms with Gasteiger partial charge in [0.05, 0.1) is 24.4 Å². The predicted octanol–water partition coefficient (Wildman–Crippen LogP) is 2.93. The molecule has 0 radical (unpaired) electrons. The van der Waals surface area contributed by atoms with Gasteiger partial charge in [0.1, 0.15) is 5.75 Å². The van der Waals surface area contributed by atoms with Crippen LogP contribution in [0.1, 0.15) is 22.3 Å². The van der Waals surface area contributed by atoms with Crippen LogP contribution in [0.5, 0.6) is 5.75 Å². The van der Waals surface area contributed by atoms with Crippen LogP contribution in [0.25, 0.3) is 0 Å². The van der Waals surface area contributed by atoms with E-state index < -0.39 is 5.97 Å². The van der Waals surface area contributed by atoms with Crippen molar-refractivity contribution < 1.29 is 23.9 Å². The van der Waals surface area contributed by atoms with E-state index in [2.05, 4.69) is 21.2 Å². The second-order valence-corrected chi connectivity index (χ2v) is 6.55. The van der Waals surface area contributed by atoms with Crippen LogP contribution in [0, 0.1) is 0 Å². The Morgan fingerprint density at radius 1 is 1.07 bits per heavy atom. The van der Waals surface area contributed by atoms with Crippen LogP contribution in [0.3, 0.4) is 0 Å². The standard InChI is InChI=1S/C20H20BrNO5/c1-26-18-8-7-15(12-16(18)21)17(23)13-27-20(25)9-10-22-19(24)11-14-5-3-2-4-6-14/h2-8,12H,9-11,13H2,1H3,(H,22,24). The van der Waals surface area contributed by atoms with Crippen LogP contribution < -0.4 is 10.1 Å². The van der Waals surface area contributed by atoms with Gasteiger partial charge >= 0.3 is 5.97 Å². The molecule has 0 unspecified atom stereocenters. The number of rotatable bonds is 9. The molecule has 0 aromatic heterocycles. The maximum absolute atomic E-state index is 12.1. The minimum absolute atomic E-state index is 0.000116.